The molecule has 0 radical (unpaired) electrons. The maximum absolute atomic E-state index is 13.3. The van der Waals surface area contributed by atoms with Crippen molar-refractivity contribution in [2.45, 2.75) is 23.0 Å². The highest BCUT2D eigenvalue weighted by atomic mass is 32.2. The number of nitrogens with zero attached hydrogens (tertiary/aromatic N) is 1. The molecule has 170 valence electrons. The molecule has 4 nitrogen and oxygen atoms in total. The number of nitrogens with two attached hydrogens (primary N) is 1. The summed E-state index contributed by atoms with van der Waals surface area (Å²) in [6, 6.07) is 19.1. The Labute approximate surface area is 192 Å². The van der Waals surface area contributed by atoms with E-state index in [1.807, 2.05) is 6.07 Å². The summed E-state index contributed by atoms with van der Waals surface area (Å²) in [5.74, 6) is -0.998. The van der Waals surface area contributed by atoms with Gasteiger partial charge in [-0.1, -0.05) is 30.3 Å². The summed E-state index contributed by atoms with van der Waals surface area (Å²) in [6.07, 6.45) is -4.63. The van der Waals surface area contributed by atoms with Gasteiger partial charge in [0.2, 0.25) is 5.91 Å². The monoisotopic (exact) mass is 473 g/mol. The first kappa shape index (κ1) is 24.3. The van der Waals surface area contributed by atoms with Crippen molar-refractivity contribution in [1.29, 1.82) is 5.26 Å². The SMILES string of the molecule is N#Cc1ccc(NC(=O)[C@@](N)(CSc2ccc(F)cc2)Cc2ccccc2)cc1C(F)(F)F. The molecular weight excluding hydrogens is 454 g/mol. The second-order valence-corrected chi connectivity index (χ2v) is 8.43. The first-order valence-electron chi connectivity index (χ1n) is 9.75. The van der Waals surface area contributed by atoms with Crippen molar-refractivity contribution in [3.63, 3.8) is 0 Å². The number of rotatable bonds is 7. The zero-order chi connectivity index (χ0) is 24.1. The molecule has 1 amide bonds. The van der Waals surface area contributed by atoms with Crippen LogP contribution in [0.5, 0.6) is 0 Å². The summed E-state index contributed by atoms with van der Waals surface area (Å²) in [7, 11) is 0. The number of thioether (sulfide) groups is 1. The van der Waals surface area contributed by atoms with Crippen LogP contribution in [0.1, 0.15) is 16.7 Å². The zero-order valence-electron chi connectivity index (χ0n) is 17.2. The standard InChI is InChI=1S/C24H19F4N3OS/c25-18-7-10-20(11-8-18)33-15-23(30,13-16-4-2-1-3-5-16)22(32)31-19-9-6-17(14-29)21(12-19)24(26,27)28/h1-12H,13,15,30H2,(H,31,32)/t23-/m0/s1. The minimum Gasteiger partial charge on any atom is -0.324 e. The van der Waals surface area contributed by atoms with E-state index >= 15 is 0 Å². The van der Waals surface area contributed by atoms with Crippen LogP contribution >= 0.6 is 11.8 Å². The van der Waals surface area contributed by atoms with E-state index in [2.05, 4.69) is 5.32 Å². The maximum Gasteiger partial charge on any atom is 0.417 e. The van der Waals surface area contributed by atoms with E-state index in [-0.39, 0.29) is 17.9 Å². The predicted octanol–water partition coefficient (Wildman–Crippen LogP) is 5.39. The number of hydrogen-bond acceptors (Lipinski definition) is 4. The Bertz CT molecular complexity index is 1160. The minimum absolute atomic E-state index is 0.0851. The van der Waals surface area contributed by atoms with E-state index in [1.165, 1.54) is 36.0 Å². The highest BCUT2D eigenvalue weighted by Crippen LogP contribution is 2.34. The summed E-state index contributed by atoms with van der Waals surface area (Å²) in [4.78, 5) is 13.9. The fourth-order valence-electron chi connectivity index (χ4n) is 3.11. The van der Waals surface area contributed by atoms with Gasteiger partial charge in [0.05, 0.1) is 17.2 Å². The molecule has 3 rings (SSSR count). The molecule has 0 aromatic heterocycles. The third-order valence-electron chi connectivity index (χ3n) is 4.83. The lowest BCUT2D eigenvalue weighted by atomic mass is 9.92. The van der Waals surface area contributed by atoms with Crippen molar-refractivity contribution in [2.75, 3.05) is 11.1 Å². The van der Waals surface area contributed by atoms with Gasteiger partial charge in [-0.05, 0) is 48.0 Å². The van der Waals surface area contributed by atoms with E-state index in [0.717, 1.165) is 11.6 Å². The van der Waals surface area contributed by atoms with E-state index in [4.69, 9.17) is 11.0 Å². The quantitative estimate of drug-likeness (QED) is 0.356. The molecule has 0 spiro atoms. The van der Waals surface area contributed by atoms with Crippen LogP contribution in [-0.4, -0.2) is 17.2 Å². The molecule has 0 saturated carbocycles. The molecular formula is C24H19F4N3OS. The van der Waals surface area contributed by atoms with Crippen molar-refractivity contribution >= 4 is 23.4 Å². The van der Waals surface area contributed by atoms with Crippen molar-refractivity contribution in [1.82, 2.24) is 0 Å². The molecule has 0 bridgehead atoms. The van der Waals surface area contributed by atoms with Gasteiger partial charge in [-0.2, -0.15) is 18.4 Å². The van der Waals surface area contributed by atoms with Crippen LogP contribution in [0.15, 0.2) is 77.7 Å². The maximum atomic E-state index is 13.3. The molecule has 9 heteroatoms. The highest BCUT2D eigenvalue weighted by Gasteiger charge is 2.36. The van der Waals surface area contributed by atoms with Crippen LogP contribution in [0.4, 0.5) is 23.2 Å². The van der Waals surface area contributed by atoms with Gasteiger partial charge in [0.25, 0.3) is 0 Å². The summed E-state index contributed by atoms with van der Waals surface area (Å²) < 4.78 is 53.1. The predicted molar refractivity (Wildman–Crippen MR) is 119 cm³/mol. The number of carbonyl (C=O) groups excluding carboxylic acids is 1. The number of carbonyl (C=O) groups is 1. The van der Waals surface area contributed by atoms with Gasteiger partial charge in [-0.15, -0.1) is 11.8 Å². The second-order valence-electron chi connectivity index (χ2n) is 7.39. The Morgan fingerprint density at radius 3 is 2.30 bits per heavy atom. The summed E-state index contributed by atoms with van der Waals surface area (Å²) in [6.45, 7) is 0. The number of nitrogens with one attached hydrogen (secondary N) is 1. The van der Waals surface area contributed by atoms with Crippen LogP contribution in [0.2, 0.25) is 0 Å². The number of alkyl halides is 3. The fraction of sp³-hybridized carbons (Fsp3) is 0.167. The number of hydrogen-bond donors (Lipinski definition) is 2. The molecule has 3 aromatic rings. The van der Waals surface area contributed by atoms with Crippen LogP contribution in [-0.2, 0) is 17.4 Å². The second kappa shape index (κ2) is 10.1. The van der Waals surface area contributed by atoms with Crippen LogP contribution < -0.4 is 11.1 Å². The molecule has 0 aliphatic carbocycles. The first-order chi connectivity index (χ1) is 15.6. The Kier molecular flexibility index (Phi) is 7.41. The third-order valence-corrected chi connectivity index (χ3v) is 6.09. The number of amides is 1. The molecule has 33 heavy (non-hydrogen) atoms. The van der Waals surface area contributed by atoms with Gasteiger partial charge in [0.15, 0.2) is 0 Å². The van der Waals surface area contributed by atoms with Gasteiger partial charge in [0, 0.05) is 22.8 Å². The number of benzene rings is 3. The van der Waals surface area contributed by atoms with Gasteiger partial charge >= 0.3 is 6.18 Å². The topological polar surface area (TPSA) is 78.9 Å². The summed E-state index contributed by atoms with van der Waals surface area (Å²) >= 11 is 1.23. The Morgan fingerprint density at radius 2 is 1.70 bits per heavy atom. The van der Waals surface area contributed by atoms with E-state index in [0.29, 0.717) is 11.0 Å². The highest BCUT2D eigenvalue weighted by molar-refractivity contribution is 7.99. The fourth-order valence-corrected chi connectivity index (χ4v) is 4.10. The molecule has 0 saturated heterocycles. The lowest BCUT2D eigenvalue weighted by Crippen LogP contribution is -2.55. The van der Waals surface area contributed by atoms with Gasteiger partial charge in [-0.3, -0.25) is 4.79 Å². The van der Waals surface area contributed by atoms with Gasteiger partial charge in [0.1, 0.15) is 11.4 Å². The summed E-state index contributed by atoms with van der Waals surface area (Å²) in [5.41, 5.74) is 3.96. The molecule has 1 atom stereocenters. The number of nitriles is 1. The average Bonchev–Trinajstić information content (AvgIpc) is 2.79. The molecule has 0 heterocycles. The molecule has 3 aromatic carbocycles. The number of halogens is 4. The van der Waals surface area contributed by atoms with Gasteiger partial charge in [-0.25, -0.2) is 4.39 Å². The van der Waals surface area contributed by atoms with Crippen molar-refractivity contribution in [2.24, 2.45) is 5.73 Å². The van der Waals surface area contributed by atoms with Crippen LogP contribution in [0, 0.1) is 17.1 Å². The average molecular weight is 473 g/mol. The largest absolute Gasteiger partial charge is 0.417 e. The first-order valence-corrected chi connectivity index (χ1v) is 10.7. The lowest BCUT2D eigenvalue weighted by molar-refractivity contribution is -0.137. The minimum atomic E-state index is -4.76. The molecule has 0 aliphatic rings. The third kappa shape index (κ3) is 6.34. The van der Waals surface area contributed by atoms with Crippen LogP contribution in [0.3, 0.4) is 0 Å². The normalized spacial score (nSPS) is 13.1. The lowest BCUT2D eigenvalue weighted by Gasteiger charge is -2.28. The van der Waals surface area contributed by atoms with Crippen molar-refractivity contribution in [3.05, 3.63) is 95.3 Å². The smallest absolute Gasteiger partial charge is 0.324 e. The molecule has 0 fully saturated rings. The Hall–Kier alpha value is -3.35. The molecule has 0 unspecified atom stereocenters. The van der Waals surface area contributed by atoms with Crippen molar-refractivity contribution in [3.8, 4) is 6.07 Å². The van der Waals surface area contributed by atoms with E-state index in [1.54, 1.807) is 36.4 Å². The Balaban J connectivity index is 1.87. The Morgan fingerprint density at radius 1 is 1.03 bits per heavy atom. The van der Waals surface area contributed by atoms with Crippen LogP contribution in [0.25, 0.3) is 0 Å². The zero-order valence-corrected chi connectivity index (χ0v) is 18.0. The van der Waals surface area contributed by atoms with E-state index < -0.39 is 34.6 Å². The van der Waals surface area contributed by atoms with E-state index in [9.17, 15) is 22.4 Å². The number of anilines is 1. The van der Waals surface area contributed by atoms with Crippen molar-refractivity contribution < 1.29 is 22.4 Å². The van der Waals surface area contributed by atoms with Gasteiger partial charge < -0.3 is 11.1 Å². The summed E-state index contributed by atoms with van der Waals surface area (Å²) in [5, 5.41) is 11.4. The molecule has 0 aliphatic heterocycles. The molecule has 3 N–H and O–H groups in total.